The van der Waals surface area contributed by atoms with E-state index in [0.29, 0.717) is 0 Å². The van der Waals surface area contributed by atoms with Gasteiger partial charge in [-0.1, -0.05) is 43.5 Å². The number of hydrogen-bond acceptors (Lipinski definition) is 5. The number of hydrogen-bond donors (Lipinski definition) is 1. The molecule has 5 heteroatoms. The lowest BCUT2D eigenvalue weighted by Gasteiger charge is -2.36. The smallest absolute Gasteiger partial charge is 0.348 e. The van der Waals surface area contributed by atoms with Crippen molar-refractivity contribution < 1.29 is 24.2 Å². The molecule has 5 nitrogen and oxygen atoms in total. The average Bonchev–Trinajstić information content (AvgIpc) is 2.58. The van der Waals surface area contributed by atoms with E-state index < -0.39 is 17.7 Å². The molecule has 1 aliphatic heterocycles. The maximum absolute atomic E-state index is 12.1. The highest BCUT2D eigenvalue weighted by atomic mass is 16.7. The van der Waals surface area contributed by atoms with Gasteiger partial charge in [-0.15, -0.1) is 0 Å². The van der Waals surface area contributed by atoms with Crippen LogP contribution in [-0.4, -0.2) is 29.4 Å². The maximum atomic E-state index is 12.1. The van der Waals surface area contributed by atoms with Crippen molar-refractivity contribution >= 4 is 18.0 Å². The summed E-state index contributed by atoms with van der Waals surface area (Å²) in [6.45, 7) is 3.15. The van der Waals surface area contributed by atoms with E-state index in [1.165, 1.54) is 26.3 Å². The van der Waals surface area contributed by atoms with Crippen molar-refractivity contribution in [2.75, 3.05) is 6.61 Å². The van der Waals surface area contributed by atoms with Gasteiger partial charge in [-0.05, 0) is 30.0 Å². The van der Waals surface area contributed by atoms with Gasteiger partial charge in [0, 0.05) is 19.3 Å². The minimum absolute atomic E-state index is 0.102. The van der Waals surface area contributed by atoms with Crippen LogP contribution in [0.15, 0.2) is 29.8 Å². The zero-order valence-electron chi connectivity index (χ0n) is 14.7. The zero-order chi connectivity index (χ0) is 18.1. The molecule has 0 unspecified atom stereocenters. The minimum Gasteiger partial charge on any atom is -0.419 e. The van der Waals surface area contributed by atoms with Crippen molar-refractivity contribution in [1.82, 2.24) is 0 Å². The van der Waals surface area contributed by atoms with Gasteiger partial charge in [-0.2, -0.15) is 0 Å². The fourth-order valence-corrected chi connectivity index (χ4v) is 3.67. The highest BCUT2D eigenvalue weighted by Gasteiger charge is 2.39. The van der Waals surface area contributed by atoms with Gasteiger partial charge < -0.3 is 14.6 Å². The monoisotopic (exact) mass is 344 g/mol. The lowest BCUT2D eigenvalue weighted by Crippen LogP contribution is -2.41. The molecule has 1 aromatic rings. The Labute approximate surface area is 147 Å². The summed E-state index contributed by atoms with van der Waals surface area (Å²) in [6, 6.07) is 7.65. The molecule has 2 fully saturated rings. The number of aliphatic hydroxyl groups is 1. The van der Waals surface area contributed by atoms with E-state index in [2.05, 4.69) is 0 Å². The first-order valence-electron chi connectivity index (χ1n) is 8.75. The van der Waals surface area contributed by atoms with Crippen molar-refractivity contribution in [3.05, 3.63) is 41.0 Å². The summed E-state index contributed by atoms with van der Waals surface area (Å²) in [5.41, 5.74) is 1.42. The number of carbonyl (C=O) groups excluding carboxylic acids is 2. The van der Waals surface area contributed by atoms with Crippen LogP contribution in [0.2, 0.25) is 0 Å². The molecule has 0 radical (unpaired) electrons. The standard InChI is InChI=1S/C20H24O5/c1-19(2)24-17(22)16(18(23)25-19)12-14-7-6-8-15(11-14)20(13-21)9-4-3-5-10-20/h6-8,11-12,21H,3-5,9-10,13H2,1-2H3. The first kappa shape index (κ1) is 17.7. The van der Waals surface area contributed by atoms with Gasteiger partial charge in [0.1, 0.15) is 5.57 Å². The van der Waals surface area contributed by atoms with Gasteiger partial charge in [0.15, 0.2) is 0 Å². The third kappa shape index (κ3) is 3.61. The second-order valence-corrected chi connectivity index (χ2v) is 7.36. The Hall–Kier alpha value is -2.14. The summed E-state index contributed by atoms with van der Waals surface area (Å²) >= 11 is 0. The average molecular weight is 344 g/mol. The highest BCUT2D eigenvalue weighted by molar-refractivity contribution is 6.18. The summed E-state index contributed by atoms with van der Waals surface area (Å²) in [6.07, 6.45) is 6.78. The summed E-state index contributed by atoms with van der Waals surface area (Å²) in [7, 11) is 0. The van der Waals surface area contributed by atoms with E-state index in [1.807, 2.05) is 24.3 Å². The molecule has 0 bridgehead atoms. The van der Waals surface area contributed by atoms with Gasteiger partial charge >= 0.3 is 11.9 Å². The molecule has 1 heterocycles. The first-order valence-corrected chi connectivity index (χ1v) is 8.75. The Bertz CT molecular complexity index is 689. The SMILES string of the molecule is CC1(C)OC(=O)C(=Cc2cccc(C3(CO)CCCCC3)c2)C(=O)O1. The molecule has 1 saturated heterocycles. The van der Waals surface area contributed by atoms with E-state index in [0.717, 1.165) is 36.8 Å². The first-order chi connectivity index (χ1) is 11.9. The summed E-state index contributed by atoms with van der Waals surface area (Å²) < 4.78 is 10.3. The van der Waals surface area contributed by atoms with Crippen molar-refractivity contribution in [1.29, 1.82) is 0 Å². The second kappa shape index (κ2) is 6.64. The van der Waals surface area contributed by atoms with E-state index in [1.54, 1.807) is 0 Å². The third-order valence-corrected chi connectivity index (χ3v) is 5.04. The van der Waals surface area contributed by atoms with Crippen LogP contribution in [-0.2, 0) is 24.5 Å². The molecule has 1 aliphatic carbocycles. The van der Waals surface area contributed by atoms with Crippen molar-refractivity contribution in [2.45, 2.75) is 57.2 Å². The summed E-state index contributed by atoms with van der Waals surface area (Å²) in [5.74, 6) is -2.60. The van der Waals surface area contributed by atoms with Crippen LogP contribution in [0, 0.1) is 0 Å². The molecular weight excluding hydrogens is 320 g/mol. The molecule has 0 aromatic heterocycles. The van der Waals surface area contributed by atoms with Crippen molar-refractivity contribution in [2.24, 2.45) is 0 Å². The normalized spacial score (nSPS) is 22.1. The molecule has 1 aromatic carbocycles. The molecule has 2 aliphatic rings. The van der Waals surface area contributed by atoms with Gasteiger partial charge in [0.05, 0.1) is 6.61 Å². The molecule has 25 heavy (non-hydrogen) atoms. The van der Waals surface area contributed by atoms with Crippen LogP contribution in [0.25, 0.3) is 6.08 Å². The number of ether oxygens (including phenoxy) is 2. The van der Waals surface area contributed by atoms with Crippen molar-refractivity contribution in [3.63, 3.8) is 0 Å². The molecule has 134 valence electrons. The Morgan fingerprint density at radius 1 is 1.08 bits per heavy atom. The van der Waals surface area contributed by atoms with Gasteiger partial charge in [0.25, 0.3) is 5.79 Å². The van der Waals surface area contributed by atoms with Crippen LogP contribution >= 0.6 is 0 Å². The van der Waals surface area contributed by atoms with E-state index in [9.17, 15) is 14.7 Å². The van der Waals surface area contributed by atoms with Gasteiger partial charge in [-0.25, -0.2) is 9.59 Å². The summed E-state index contributed by atoms with van der Waals surface area (Å²) in [4.78, 5) is 24.2. The molecule has 0 spiro atoms. The number of carbonyl (C=O) groups is 2. The Balaban J connectivity index is 1.92. The second-order valence-electron chi connectivity index (χ2n) is 7.36. The Kier molecular flexibility index (Phi) is 4.69. The molecule has 3 rings (SSSR count). The number of benzene rings is 1. The summed E-state index contributed by atoms with van der Waals surface area (Å²) in [5, 5.41) is 9.99. The highest BCUT2D eigenvalue weighted by Crippen LogP contribution is 2.39. The van der Waals surface area contributed by atoms with E-state index >= 15 is 0 Å². The van der Waals surface area contributed by atoms with Crippen LogP contribution in [0.4, 0.5) is 0 Å². The number of aliphatic hydroxyl groups excluding tert-OH is 1. The largest absolute Gasteiger partial charge is 0.419 e. The Morgan fingerprint density at radius 2 is 1.72 bits per heavy atom. The molecule has 0 atom stereocenters. The molecule has 0 amide bonds. The van der Waals surface area contributed by atoms with Gasteiger partial charge in [-0.3, -0.25) is 0 Å². The van der Waals surface area contributed by atoms with Crippen LogP contribution in [0.5, 0.6) is 0 Å². The molecule has 1 saturated carbocycles. The fraction of sp³-hybridized carbons (Fsp3) is 0.500. The number of rotatable bonds is 3. The minimum atomic E-state index is -1.24. The predicted molar refractivity (Wildman–Crippen MR) is 92.5 cm³/mol. The molecular formula is C20H24O5. The van der Waals surface area contributed by atoms with Crippen molar-refractivity contribution in [3.8, 4) is 0 Å². The number of esters is 2. The third-order valence-electron chi connectivity index (χ3n) is 5.04. The zero-order valence-corrected chi connectivity index (χ0v) is 14.7. The lowest BCUT2D eigenvalue weighted by atomic mass is 9.70. The van der Waals surface area contributed by atoms with Crippen LogP contribution in [0.3, 0.4) is 0 Å². The van der Waals surface area contributed by atoms with Gasteiger partial charge in [0.2, 0.25) is 0 Å². The van der Waals surface area contributed by atoms with Crippen LogP contribution in [0.1, 0.15) is 57.1 Å². The Morgan fingerprint density at radius 3 is 2.32 bits per heavy atom. The van der Waals surface area contributed by atoms with E-state index in [-0.39, 0.29) is 17.6 Å². The molecule has 1 N–H and O–H groups in total. The van der Waals surface area contributed by atoms with E-state index in [4.69, 9.17) is 9.47 Å². The lowest BCUT2D eigenvalue weighted by molar-refractivity contribution is -0.222. The van der Waals surface area contributed by atoms with Crippen LogP contribution < -0.4 is 0 Å². The fourth-order valence-electron chi connectivity index (χ4n) is 3.67. The maximum Gasteiger partial charge on any atom is 0.348 e. The topological polar surface area (TPSA) is 72.8 Å². The number of cyclic esters (lactones) is 2. The predicted octanol–water partition coefficient (Wildman–Crippen LogP) is 3.10. The quantitative estimate of drug-likeness (QED) is 0.518.